The standard InChI is InChI=1S/C12H20N2O4S/c1-2-3-9(8-11(16)17)13-10(15)4-5-14-6-7-19-12(14)18/h9H,2-8H2,1H3,(H,13,15)(H,16,17). The Kier molecular flexibility index (Phi) is 6.69. The first-order valence-electron chi connectivity index (χ1n) is 6.45. The molecule has 0 aromatic carbocycles. The average Bonchev–Trinajstić information content (AvgIpc) is 2.71. The molecule has 0 aliphatic carbocycles. The fraction of sp³-hybridized carbons (Fsp3) is 0.750. The van der Waals surface area contributed by atoms with Gasteiger partial charge in [0.25, 0.3) is 5.24 Å². The van der Waals surface area contributed by atoms with E-state index in [-0.39, 0.29) is 30.0 Å². The lowest BCUT2D eigenvalue weighted by Crippen LogP contribution is -2.38. The molecular formula is C12H20N2O4S. The monoisotopic (exact) mass is 288 g/mol. The number of carboxylic acids is 1. The lowest BCUT2D eigenvalue weighted by molar-refractivity contribution is -0.137. The smallest absolute Gasteiger partial charge is 0.305 e. The van der Waals surface area contributed by atoms with E-state index in [9.17, 15) is 14.4 Å². The zero-order valence-corrected chi connectivity index (χ0v) is 11.9. The number of nitrogens with zero attached hydrogens (tertiary/aromatic N) is 1. The van der Waals surface area contributed by atoms with Crippen LogP contribution in [0.25, 0.3) is 0 Å². The molecule has 0 aromatic rings. The Morgan fingerprint density at radius 2 is 2.26 bits per heavy atom. The van der Waals surface area contributed by atoms with Crippen LogP contribution in [0, 0.1) is 0 Å². The van der Waals surface area contributed by atoms with Crippen LogP contribution in [0.3, 0.4) is 0 Å². The zero-order valence-electron chi connectivity index (χ0n) is 11.1. The molecule has 0 aromatic heterocycles. The summed E-state index contributed by atoms with van der Waals surface area (Å²) < 4.78 is 0. The molecule has 108 valence electrons. The predicted molar refractivity (Wildman–Crippen MR) is 73.1 cm³/mol. The second-order valence-corrected chi connectivity index (χ2v) is 5.55. The third-order valence-corrected chi connectivity index (χ3v) is 3.77. The largest absolute Gasteiger partial charge is 0.481 e. The fourth-order valence-electron chi connectivity index (χ4n) is 1.95. The summed E-state index contributed by atoms with van der Waals surface area (Å²) in [6.07, 6.45) is 1.64. The van der Waals surface area contributed by atoms with Gasteiger partial charge < -0.3 is 15.3 Å². The van der Waals surface area contributed by atoms with Gasteiger partial charge in [-0.05, 0) is 6.42 Å². The van der Waals surface area contributed by atoms with E-state index < -0.39 is 5.97 Å². The van der Waals surface area contributed by atoms with Crippen LogP contribution in [-0.2, 0) is 9.59 Å². The van der Waals surface area contributed by atoms with Gasteiger partial charge in [0.05, 0.1) is 6.42 Å². The van der Waals surface area contributed by atoms with E-state index in [1.807, 2.05) is 6.92 Å². The number of carbonyl (C=O) groups is 3. The second kappa shape index (κ2) is 8.04. The summed E-state index contributed by atoms with van der Waals surface area (Å²) in [5, 5.41) is 11.5. The Morgan fingerprint density at radius 3 is 2.79 bits per heavy atom. The SMILES string of the molecule is CCCC(CC(=O)O)NC(=O)CCN1CCSC1=O. The highest BCUT2D eigenvalue weighted by atomic mass is 32.2. The van der Waals surface area contributed by atoms with E-state index in [0.29, 0.717) is 19.5 Å². The summed E-state index contributed by atoms with van der Waals surface area (Å²) in [4.78, 5) is 35.4. The first-order chi connectivity index (χ1) is 9.02. The maximum absolute atomic E-state index is 11.7. The fourth-order valence-corrected chi connectivity index (χ4v) is 2.80. The van der Waals surface area contributed by atoms with Crippen LogP contribution in [0.15, 0.2) is 0 Å². The number of aliphatic carboxylic acids is 1. The van der Waals surface area contributed by atoms with E-state index in [0.717, 1.165) is 12.2 Å². The maximum Gasteiger partial charge on any atom is 0.305 e. The number of carboxylic acid groups (broad SMARTS) is 1. The van der Waals surface area contributed by atoms with Crippen molar-refractivity contribution in [1.82, 2.24) is 10.2 Å². The highest BCUT2D eigenvalue weighted by Crippen LogP contribution is 2.17. The molecule has 1 rings (SSSR count). The molecule has 19 heavy (non-hydrogen) atoms. The summed E-state index contributed by atoms with van der Waals surface area (Å²) in [6.45, 7) is 3.04. The van der Waals surface area contributed by atoms with Crippen molar-refractivity contribution in [3.63, 3.8) is 0 Å². The summed E-state index contributed by atoms with van der Waals surface area (Å²) in [7, 11) is 0. The third kappa shape index (κ3) is 5.96. The molecular weight excluding hydrogens is 268 g/mol. The van der Waals surface area contributed by atoms with E-state index >= 15 is 0 Å². The Labute approximate surface area is 116 Å². The minimum atomic E-state index is -0.912. The van der Waals surface area contributed by atoms with Gasteiger partial charge in [-0.25, -0.2) is 0 Å². The molecule has 1 unspecified atom stereocenters. The van der Waals surface area contributed by atoms with Gasteiger partial charge in [-0.2, -0.15) is 0 Å². The summed E-state index contributed by atoms with van der Waals surface area (Å²) in [5.41, 5.74) is 0. The summed E-state index contributed by atoms with van der Waals surface area (Å²) >= 11 is 1.27. The summed E-state index contributed by atoms with van der Waals surface area (Å²) in [6, 6.07) is -0.321. The zero-order chi connectivity index (χ0) is 14.3. The third-order valence-electron chi connectivity index (χ3n) is 2.88. The number of hydrogen-bond acceptors (Lipinski definition) is 4. The van der Waals surface area contributed by atoms with Crippen molar-refractivity contribution in [1.29, 1.82) is 0 Å². The molecule has 1 heterocycles. The van der Waals surface area contributed by atoms with Crippen molar-refractivity contribution >= 4 is 28.9 Å². The van der Waals surface area contributed by atoms with Crippen molar-refractivity contribution in [3.8, 4) is 0 Å². The molecule has 1 fully saturated rings. The highest BCUT2D eigenvalue weighted by molar-refractivity contribution is 8.13. The molecule has 0 bridgehead atoms. The van der Waals surface area contributed by atoms with Gasteiger partial charge in [0.15, 0.2) is 0 Å². The van der Waals surface area contributed by atoms with Crippen molar-refractivity contribution in [2.24, 2.45) is 0 Å². The first kappa shape index (κ1) is 15.8. The molecule has 7 heteroatoms. The Hall–Kier alpha value is -1.24. The molecule has 1 aliphatic rings. The molecule has 0 saturated carbocycles. The number of hydrogen-bond donors (Lipinski definition) is 2. The van der Waals surface area contributed by atoms with Gasteiger partial charge >= 0.3 is 5.97 Å². The van der Waals surface area contributed by atoms with Gasteiger partial charge in [0.1, 0.15) is 0 Å². The first-order valence-corrected chi connectivity index (χ1v) is 7.44. The van der Waals surface area contributed by atoms with Gasteiger partial charge in [-0.15, -0.1) is 0 Å². The minimum absolute atomic E-state index is 0.0171. The quantitative estimate of drug-likeness (QED) is 0.703. The number of amides is 2. The van der Waals surface area contributed by atoms with Crippen molar-refractivity contribution in [2.75, 3.05) is 18.8 Å². The number of nitrogens with one attached hydrogen (secondary N) is 1. The van der Waals surface area contributed by atoms with Gasteiger partial charge in [0, 0.05) is 31.3 Å². The number of rotatable bonds is 8. The lowest BCUT2D eigenvalue weighted by atomic mass is 10.1. The van der Waals surface area contributed by atoms with Gasteiger partial charge in [-0.1, -0.05) is 25.1 Å². The van der Waals surface area contributed by atoms with Crippen LogP contribution in [0.2, 0.25) is 0 Å². The normalized spacial score (nSPS) is 16.5. The van der Waals surface area contributed by atoms with Crippen molar-refractivity contribution in [3.05, 3.63) is 0 Å². The molecule has 1 saturated heterocycles. The van der Waals surface area contributed by atoms with Crippen LogP contribution in [0.1, 0.15) is 32.6 Å². The molecule has 1 aliphatic heterocycles. The van der Waals surface area contributed by atoms with E-state index in [1.54, 1.807) is 4.90 Å². The Bertz CT molecular complexity index is 349. The number of thioether (sulfide) groups is 1. The van der Waals surface area contributed by atoms with Crippen molar-refractivity contribution < 1.29 is 19.5 Å². The summed E-state index contributed by atoms with van der Waals surface area (Å²) in [5.74, 6) is -0.327. The van der Waals surface area contributed by atoms with E-state index in [4.69, 9.17) is 5.11 Å². The van der Waals surface area contributed by atoms with E-state index in [2.05, 4.69) is 5.32 Å². The predicted octanol–water partition coefficient (Wildman–Crippen LogP) is 1.30. The lowest BCUT2D eigenvalue weighted by Gasteiger charge is -2.18. The van der Waals surface area contributed by atoms with Crippen LogP contribution in [0.5, 0.6) is 0 Å². The molecule has 0 radical (unpaired) electrons. The van der Waals surface area contributed by atoms with Crippen LogP contribution in [0.4, 0.5) is 4.79 Å². The second-order valence-electron chi connectivity index (χ2n) is 4.50. The molecule has 6 nitrogen and oxygen atoms in total. The van der Waals surface area contributed by atoms with Crippen LogP contribution >= 0.6 is 11.8 Å². The topological polar surface area (TPSA) is 86.7 Å². The Morgan fingerprint density at radius 1 is 1.53 bits per heavy atom. The molecule has 1 atom stereocenters. The van der Waals surface area contributed by atoms with Crippen LogP contribution in [-0.4, -0.2) is 52.0 Å². The molecule has 0 spiro atoms. The van der Waals surface area contributed by atoms with Crippen LogP contribution < -0.4 is 5.32 Å². The highest BCUT2D eigenvalue weighted by Gasteiger charge is 2.22. The van der Waals surface area contributed by atoms with Gasteiger partial charge in [-0.3, -0.25) is 14.4 Å². The minimum Gasteiger partial charge on any atom is -0.481 e. The molecule has 2 N–H and O–H groups in total. The van der Waals surface area contributed by atoms with E-state index in [1.165, 1.54) is 11.8 Å². The van der Waals surface area contributed by atoms with Gasteiger partial charge in [0.2, 0.25) is 5.91 Å². The average molecular weight is 288 g/mol. The molecule has 2 amide bonds. The Balaban J connectivity index is 2.31. The maximum atomic E-state index is 11.7. The van der Waals surface area contributed by atoms with Crippen molar-refractivity contribution in [2.45, 2.75) is 38.6 Å². The number of carbonyl (C=O) groups excluding carboxylic acids is 2.